The predicted molar refractivity (Wildman–Crippen MR) is 110 cm³/mol. The quantitative estimate of drug-likeness (QED) is 0.791. The summed E-state index contributed by atoms with van der Waals surface area (Å²) in [5.41, 5.74) is 5.03. The largest absolute Gasteiger partial charge is 0.325 e. The van der Waals surface area contributed by atoms with Crippen LogP contribution in [-0.2, 0) is 21.2 Å². The zero-order valence-electron chi connectivity index (χ0n) is 16.8. The van der Waals surface area contributed by atoms with Crippen LogP contribution < -0.4 is 10.0 Å². The van der Waals surface area contributed by atoms with Crippen molar-refractivity contribution in [1.82, 2.24) is 4.72 Å². The van der Waals surface area contributed by atoms with Crippen molar-refractivity contribution in [3.8, 4) is 0 Å². The molecule has 0 aromatic heterocycles. The van der Waals surface area contributed by atoms with E-state index >= 15 is 0 Å². The van der Waals surface area contributed by atoms with E-state index in [4.69, 9.17) is 0 Å². The summed E-state index contributed by atoms with van der Waals surface area (Å²) in [6.07, 6.45) is 0.916. The maximum Gasteiger partial charge on any atom is 0.242 e. The summed E-state index contributed by atoms with van der Waals surface area (Å²) >= 11 is 0. The average Bonchev–Trinajstić information content (AvgIpc) is 2.60. The molecule has 5 nitrogen and oxygen atoms in total. The molecule has 2 aromatic carbocycles. The van der Waals surface area contributed by atoms with E-state index in [9.17, 15) is 13.2 Å². The van der Waals surface area contributed by atoms with Gasteiger partial charge in [0, 0.05) is 5.69 Å². The first-order valence-electron chi connectivity index (χ1n) is 9.06. The molecule has 0 aliphatic carbocycles. The standard InChI is InChI=1S/C21H28N2O3S/c1-7-18-8-10-19(11-9-18)22-21(24)17(6)23-27(25,26)20-15(4)13(2)12-14(3)16(20)5/h8-12,17,23H,7H2,1-6H3,(H,22,24)/t17-/m0/s1. The number of sulfonamides is 1. The van der Waals surface area contributed by atoms with Gasteiger partial charge in [0.2, 0.25) is 15.9 Å². The van der Waals surface area contributed by atoms with Gasteiger partial charge in [0.15, 0.2) is 0 Å². The zero-order valence-corrected chi connectivity index (χ0v) is 17.6. The van der Waals surface area contributed by atoms with Crippen molar-refractivity contribution in [3.05, 3.63) is 58.1 Å². The highest BCUT2D eigenvalue weighted by molar-refractivity contribution is 7.89. The highest BCUT2D eigenvalue weighted by atomic mass is 32.2. The molecule has 0 bridgehead atoms. The lowest BCUT2D eigenvalue weighted by Crippen LogP contribution is -2.42. The molecular formula is C21H28N2O3S. The van der Waals surface area contributed by atoms with Gasteiger partial charge in [-0.2, -0.15) is 4.72 Å². The molecule has 0 radical (unpaired) electrons. The normalized spacial score (nSPS) is 12.7. The van der Waals surface area contributed by atoms with E-state index < -0.39 is 22.0 Å². The number of carbonyl (C=O) groups is 1. The van der Waals surface area contributed by atoms with Crippen LogP contribution >= 0.6 is 0 Å². The first-order valence-corrected chi connectivity index (χ1v) is 10.5. The minimum absolute atomic E-state index is 0.256. The Kier molecular flexibility index (Phi) is 6.44. The highest BCUT2D eigenvalue weighted by Gasteiger charge is 2.26. The Balaban J connectivity index is 2.21. The second-order valence-corrected chi connectivity index (χ2v) is 8.62. The van der Waals surface area contributed by atoms with Crippen molar-refractivity contribution in [1.29, 1.82) is 0 Å². The van der Waals surface area contributed by atoms with Crippen LogP contribution in [0.1, 0.15) is 41.7 Å². The van der Waals surface area contributed by atoms with Gasteiger partial charge >= 0.3 is 0 Å². The lowest BCUT2D eigenvalue weighted by Gasteiger charge is -2.19. The van der Waals surface area contributed by atoms with Crippen LogP contribution in [0.4, 0.5) is 5.69 Å². The van der Waals surface area contributed by atoms with E-state index in [1.165, 1.54) is 5.56 Å². The van der Waals surface area contributed by atoms with E-state index in [0.29, 0.717) is 16.8 Å². The molecule has 2 N–H and O–H groups in total. The van der Waals surface area contributed by atoms with Crippen LogP contribution in [-0.4, -0.2) is 20.4 Å². The van der Waals surface area contributed by atoms with Gasteiger partial charge in [0.1, 0.15) is 0 Å². The van der Waals surface area contributed by atoms with Gasteiger partial charge in [-0.05, 0) is 81.0 Å². The molecule has 0 heterocycles. The summed E-state index contributed by atoms with van der Waals surface area (Å²) in [4.78, 5) is 12.7. The molecule has 1 amide bonds. The molecule has 27 heavy (non-hydrogen) atoms. The molecule has 2 aromatic rings. The molecular weight excluding hydrogens is 360 g/mol. The van der Waals surface area contributed by atoms with Crippen molar-refractivity contribution in [2.45, 2.75) is 58.9 Å². The van der Waals surface area contributed by atoms with Crippen LogP contribution in [0.15, 0.2) is 35.2 Å². The number of rotatable bonds is 6. The summed E-state index contributed by atoms with van der Waals surface area (Å²) < 4.78 is 28.4. The van der Waals surface area contributed by atoms with Gasteiger partial charge in [0.25, 0.3) is 0 Å². The van der Waals surface area contributed by atoms with Gasteiger partial charge in [-0.3, -0.25) is 4.79 Å². The second kappa shape index (κ2) is 8.23. The summed E-state index contributed by atoms with van der Waals surface area (Å²) in [6, 6.07) is 8.58. The van der Waals surface area contributed by atoms with Gasteiger partial charge in [0.05, 0.1) is 10.9 Å². The highest BCUT2D eigenvalue weighted by Crippen LogP contribution is 2.26. The Labute approximate surface area is 162 Å². The number of amides is 1. The van der Waals surface area contributed by atoms with Crippen LogP contribution in [0.3, 0.4) is 0 Å². The van der Waals surface area contributed by atoms with Crippen molar-refractivity contribution in [2.24, 2.45) is 0 Å². The summed E-state index contributed by atoms with van der Waals surface area (Å²) in [5, 5.41) is 2.75. The fraction of sp³-hybridized carbons (Fsp3) is 0.381. The van der Waals surface area contributed by atoms with E-state index in [-0.39, 0.29) is 4.90 Å². The number of hydrogen-bond acceptors (Lipinski definition) is 3. The lowest BCUT2D eigenvalue weighted by molar-refractivity contribution is -0.117. The first-order chi connectivity index (χ1) is 12.6. The lowest BCUT2D eigenvalue weighted by atomic mass is 10.0. The zero-order chi connectivity index (χ0) is 20.4. The van der Waals surface area contributed by atoms with Gasteiger partial charge in [-0.15, -0.1) is 0 Å². The number of nitrogens with one attached hydrogen (secondary N) is 2. The van der Waals surface area contributed by atoms with E-state index in [2.05, 4.69) is 17.0 Å². The number of carbonyl (C=O) groups excluding carboxylic acids is 1. The maximum absolute atomic E-state index is 12.9. The van der Waals surface area contributed by atoms with E-state index in [1.807, 2.05) is 44.2 Å². The van der Waals surface area contributed by atoms with Crippen LogP contribution in [0.2, 0.25) is 0 Å². The molecule has 2 rings (SSSR count). The summed E-state index contributed by atoms with van der Waals surface area (Å²) in [6.45, 7) is 10.9. The Hall–Kier alpha value is -2.18. The summed E-state index contributed by atoms with van der Waals surface area (Å²) in [5.74, 6) is -0.400. The van der Waals surface area contributed by atoms with Crippen LogP contribution in [0, 0.1) is 27.7 Å². The summed E-state index contributed by atoms with van der Waals surface area (Å²) in [7, 11) is -3.82. The molecule has 146 valence electrons. The SMILES string of the molecule is CCc1ccc(NC(=O)[C@H](C)NS(=O)(=O)c2c(C)c(C)cc(C)c2C)cc1. The number of anilines is 1. The maximum atomic E-state index is 12.9. The number of aryl methyl sites for hydroxylation is 3. The third-order valence-electron chi connectivity index (χ3n) is 4.92. The third kappa shape index (κ3) is 4.76. The molecule has 6 heteroatoms. The third-order valence-corrected chi connectivity index (χ3v) is 6.73. The van der Waals surface area contributed by atoms with Crippen molar-refractivity contribution in [3.63, 3.8) is 0 Å². The molecule has 1 atom stereocenters. The Morgan fingerprint density at radius 3 is 2.00 bits per heavy atom. The first kappa shape index (κ1) is 21.1. The monoisotopic (exact) mass is 388 g/mol. The number of hydrogen-bond donors (Lipinski definition) is 2. The van der Waals surface area contributed by atoms with Crippen LogP contribution in [0.25, 0.3) is 0 Å². The molecule has 0 fully saturated rings. The molecule has 0 unspecified atom stereocenters. The predicted octanol–water partition coefficient (Wildman–Crippen LogP) is 3.79. The Morgan fingerprint density at radius 2 is 1.52 bits per heavy atom. The second-order valence-electron chi connectivity index (χ2n) is 6.97. The van der Waals surface area contributed by atoms with Gasteiger partial charge in [-0.25, -0.2) is 8.42 Å². The molecule has 0 aliphatic heterocycles. The molecule has 0 aliphatic rings. The fourth-order valence-corrected chi connectivity index (χ4v) is 4.82. The average molecular weight is 389 g/mol. The van der Waals surface area contributed by atoms with Crippen molar-refractivity contribution in [2.75, 3.05) is 5.32 Å². The van der Waals surface area contributed by atoms with E-state index in [1.54, 1.807) is 20.8 Å². The molecule has 0 spiro atoms. The van der Waals surface area contributed by atoms with Gasteiger partial charge in [-0.1, -0.05) is 25.1 Å². The fourth-order valence-electron chi connectivity index (χ4n) is 3.00. The van der Waals surface area contributed by atoms with Gasteiger partial charge < -0.3 is 5.32 Å². The van der Waals surface area contributed by atoms with Crippen molar-refractivity contribution < 1.29 is 13.2 Å². The molecule has 0 saturated heterocycles. The van der Waals surface area contributed by atoms with Crippen LogP contribution in [0.5, 0.6) is 0 Å². The smallest absolute Gasteiger partial charge is 0.242 e. The topological polar surface area (TPSA) is 75.3 Å². The van der Waals surface area contributed by atoms with Crippen molar-refractivity contribution >= 4 is 21.6 Å². The van der Waals surface area contributed by atoms with E-state index in [0.717, 1.165) is 17.5 Å². The minimum atomic E-state index is -3.82. The Morgan fingerprint density at radius 1 is 1.00 bits per heavy atom. The minimum Gasteiger partial charge on any atom is -0.325 e. The molecule has 0 saturated carbocycles. The number of benzene rings is 2. The Bertz CT molecular complexity index is 922.